The number of aromatic nitrogens is 1. The van der Waals surface area contributed by atoms with Gasteiger partial charge in [-0.2, -0.15) is 0 Å². The summed E-state index contributed by atoms with van der Waals surface area (Å²) in [5.74, 6) is -1.14. The van der Waals surface area contributed by atoms with Crippen molar-refractivity contribution in [3.63, 3.8) is 0 Å². The van der Waals surface area contributed by atoms with Gasteiger partial charge in [-0.3, -0.25) is 4.79 Å². The Labute approximate surface area is 139 Å². The van der Waals surface area contributed by atoms with Crippen molar-refractivity contribution < 1.29 is 14.3 Å². The lowest BCUT2D eigenvalue weighted by atomic mass is 10.2. The molecule has 0 aliphatic rings. The molecular formula is C16H16ClN3O3. The Morgan fingerprint density at radius 1 is 1.22 bits per heavy atom. The van der Waals surface area contributed by atoms with Crippen LogP contribution in [0.3, 0.4) is 0 Å². The van der Waals surface area contributed by atoms with Gasteiger partial charge in [-0.25, -0.2) is 9.78 Å². The minimum absolute atomic E-state index is 0.0561. The second-order valence-electron chi connectivity index (χ2n) is 4.92. The van der Waals surface area contributed by atoms with Crippen LogP contribution in [0.25, 0.3) is 0 Å². The van der Waals surface area contributed by atoms with Gasteiger partial charge in [-0.15, -0.1) is 0 Å². The van der Waals surface area contributed by atoms with Crippen LogP contribution in [-0.4, -0.2) is 37.6 Å². The number of nitrogens with one attached hydrogen (secondary N) is 1. The van der Waals surface area contributed by atoms with E-state index < -0.39 is 18.5 Å². The van der Waals surface area contributed by atoms with E-state index in [1.807, 2.05) is 31.1 Å². The van der Waals surface area contributed by atoms with E-state index in [2.05, 4.69) is 10.3 Å². The van der Waals surface area contributed by atoms with E-state index >= 15 is 0 Å². The van der Waals surface area contributed by atoms with E-state index in [-0.39, 0.29) is 5.69 Å². The molecule has 0 aliphatic carbocycles. The number of hydrogen-bond acceptors (Lipinski definition) is 5. The lowest BCUT2D eigenvalue weighted by Crippen LogP contribution is -2.21. The normalized spacial score (nSPS) is 10.0. The Kier molecular flexibility index (Phi) is 5.54. The Balaban J connectivity index is 1.86. The zero-order valence-electron chi connectivity index (χ0n) is 12.7. The number of pyridine rings is 1. The minimum atomic E-state index is -0.703. The monoisotopic (exact) mass is 333 g/mol. The molecule has 0 saturated carbocycles. The van der Waals surface area contributed by atoms with Crippen LogP contribution in [0.5, 0.6) is 0 Å². The molecule has 0 unspecified atom stereocenters. The first kappa shape index (κ1) is 16.8. The van der Waals surface area contributed by atoms with Gasteiger partial charge in [-0.05, 0) is 36.4 Å². The first-order chi connectivity index (χ1) is 11.0. The second-order valence-corrected chi connectivity index (χ2v) is 5.36. The van der Waals surface area contributed by atoms with Crippen molar-refractivity contribution in [1.82, 2.24) is 4.98 Å². The summed E-state index contributed by atoms with van der Waals surface area (Å²) in [6, 6.07) is 10.2. The highest BCUT2D eigenvalue weighted by molar-refractivity contribution is 6.30. The summed E-state index contributed by atoms with van der Waals surface area (Å²) in [7, 11) is 3.85. The average molecular weight is 334 g/mol. The summed E-state index contributed by atoms with van der Waals surface area (Å²) >= 11 is 5.76. The number of carbonyl (C=O) groups is 2. The number of carbonyl (C=O) groups excluding carboxylic acids is 2. The molecule has 23 heavy (non-hydrogen) atoms. The summed E-state index contributed by atoms with van der Waals surface area (Å²) in [6.45, 7) is -0.400. The topological polar surface area (TPSA) is 71.5 Å². The predicted octanol–water partition coefficient (Wildman–Crippen LogP) is 2.60. The van der Waals surface area contributed by atoms with Gasteiger partial charge in [0, 0.05) is 36.7 Å². The van der Waals surface area contributed by atoms with Crippen molar-refractivity contribution in [1.29, 1.82) is 0 Å². The summed E-state index contributed by atoms with van der Waals surface area (Å²) in [5, 5.41) is 3.02. The van der Waals surface area contributed by atoms with Crippen molar-refractivity contribution in [2.45, 2.75) is 0 Å². The molecule has 2 rings (SSSR count). The summed E-state index contributed by atoms with van der Waals surface area (Å²) in [6.07, 6.45) is 1.39. The molecule has 2 aromatic rings. The van der Waals surface area contributed by atoms with Crippen LogP contribution in [0, 0.1) is 0 Å². The molecule has 1 aromatic heterocycles. The maximum atomic E-state index is 11.8. The van der Waals surface area contributed by atoms with Gasteiger partial charge in [0.15, 0.2) is 6.61 Å². The number of nitrogens with zero attached hydrogens (tertiary/aromatic N) is 2. The molecule has 0 bridgehead atoms. The molecule has 7 heteroatoms. The van der Waals surface area contributed by atoms with E-state index in [0.717, 1.165) is 5.69 Å². The van der Waals surface area contributed by atoms with E-state index in [0.29, 0.717) is 10.7 Å². The fraction of sp³-hybridized carbons (Fsp3) is 0.188. The molecule has 1 aromatic carbocycles. The molecule has 0 radical (unpaired) electrons. The van der Waals surface area contributed by atoms with Gasteiger partial charge in [0.1, 0.15) is 5.69 Å². The molecule has 120 valence electrons. The highest BCUT2D eigenvalue weighted by atomic mass is 35.5. The fourth-order valence-electron chi connectivity index (χ4n) is 1.76. The number of rotatable bonds is 5. The van der Waals surface area contributed by atoms with Crippen molar-refractivity contribution in [3.05, 3.63) is 53.3 Å². The zero-order chi connectivity index (χ0) is 16.8. The third-order valence-electron chi connectivity index (χ3n) is 2.93. The fourth-order valence-corrected chi connectivity index (χ4v) is 1.92. The van der Waals surface area contributed by atoms with Gasteiger partial charge in [0.25, 0.3) is 5.91 Å². The van der Waals surface area contributed by atoms with Crippen molar-refractivity contribution in [2.24, 2.45) is 0 Å². The summed E-state index contributed by atoms with van der Waals surface area (Å²) in [4.78, 5) is 29.3. The van der Waals surface area contributed by atoms with E-state index in [1.165, 1.54) is 12.3 Å². The molecule has 0 atom stereocenters. The second kappa shape index (κ2) is 7.60. The Morgan fingerprint density at radius 3 is 2.52 bits per heavy atom. The molecule has 1 amide bonds. The Bertz CT molecular complexity index is 702. The first-order valence-corrected chi connectivity index (χ1v) is 7.19. The third-order valence-corrected chi connectivity index (χ3v) is 3.17. The number of ether oxygens (including phenoxy) is 1. The van der Waals surface area contributed by atoms with E-state index in [4.69, 9.17) is 16.3 Å². The molecule has 0 saturated heterocycles. The average Bonchev–Trinajstić information content (AvgIpc) is 2.53. The largest absolute Gasteiger partial charge is 0.451 e. The van der Waals surface area contributed by atoms with Crippen molar-refractivity contribution in [3.8, 4) is 0 Å². The van der Waals surface area contributed by atoms with E-state index in [1.54, 1.807) is 18.2 Å². The quantitative estimate of drug-likeness (QED) is 0.851. The molecule has 0 fully saturated rings. The number of esters is 1. The van der Waals surface area contributed by atoms with Crippen LogP contribution in [0.4, 0.5) is 11.4 Å². The highest BCUT2D eigenvalue weighted by Crippen LogP contribution is 2.15. The summed E-state index contributed by atoms with van der Waals surface area (Å²) < 4.78 is 4.90. The standard InChI is InChI=1S/C16H16ClN3O3/c1-20(2)13-5-3-12(4-6-13)19-15(21)10-23-16(22)14-9-11(17)7-8-18-14/h3-9H,10H2,1-2H3,(H,19,21). The molecule has 0 aliphatic heterocycles. The van der Waals surface area contributed by atoms with Crippen LogP contribution in [0.1, 0.15) is 10.5 Å². The van der Waals surface area contributed by atoms with Crippen LogP contribution >= 0.6 is 11.6 Å². The highest BCUT2D eigenvalue weighted by Gasteiger charge is 2.12. The molecular weight excluding hydrogens is 318 g/mol. The minimum Gasteiger partial charge on any atom is -0.451 e. The SMILES string of the molecule is CN(C)c1ccc(NC(=O)COC(=O)c2cc(Cl)ccn2)cc1. The van der Waals surface area contributed by atoms with Crippen molar-refractivity contribution in [2.75, 3.05) is 30.9 Å². The van der Waals surface area contributed by atoms with Crippen molar-refractivity contribution >= 4 is 34.9 Å². The van der Waals surface area contributed by atoms with Gasteiger partial charge < -0.3 is 15.0 Å². The molecule has 0 spiro atoms. The smallest absolute Gasteiger partial charge is 0.357 e. The predicted molar refractivity (Wildman–Crippen MR) is 88.9 cm³/mol. The van der Waals surface area contributed by atoms with Gasteiger partial charge in [0.2, 0.25) is 0 Å². The van der Waals surface area contributed by atoms with Gasteiger partial charge >= 0.3 is 5.97 Å². The Morgan fingerprint density at radius 2 is 1.91 bits per heavy atom. The van der Waals surface area contributed by atoms with Crippen LogP contribution < -0.4 is 10.2 Å². The maximum absolute atomic E-state index is 11.8. The molecule has 1 heterocycles. The lowest BCUT2D eigenvalue weighted by Gasteiger charge is -2.13. The van der Waals surface area contributed by atoms with Gasteiger partial charge in [-0.1, -0.05) is 11.6 Å². The van der Waals surface area contributed by atoms with Crippen LogP contribution in [0.2, 0.25) is 5.02 Å². The van der Waals surface area contributed by atoms with E-state index in [9.17, 15) is 9.59 Å². The number of hydrogen-bond donors (Lipinski definition) is 1. The van der Waals surface area contributed by atoms with Crippen LogP contribution in [-0.2, 0) is 9.53 Å². The lowest BCUT2D eigenvalue weighted by molar-refractivity contribution is -0.119. The maximum Gasteiger partial charge on any atom is 0.357 e. The third kappa shape index (κ3) is 4.96. The number of anilines is 2. The molecule has 6 nitrogen and oxygen atoms in total. The van der Waals surface area contributed by atoms with Gasteiger partial charge in [0.05, 0.1) is 0 Å². The molecule has 1 N–H and O–H groups in total. The zero-order valence-corrected chi connectivity index (χ0v) is 13.5. The van der Waals surface area contributed by atoms with Crippen LogP contribution in [0.15, 0.2) is 42.6 Å². The summed E-state index contributed by atoms with van der Waals surface area (Å²) in [5.41, 5.74) is 1.69. The first-order valence-electron chi connectivity index (χ1n) is 6.81. The number of halogens is 1. The Hall–Kier alpha value is -2.60. The number of benzene rings is 1. The number of amides is 1.